The molecule has 40 heavy (non-hydrogen) atoms. The number of unbranched alkanes of at least 4 members (excludes halogenated alkanes) is 15. The molecular weight excluding hydrogens is 504 g/mol. The molecule has 0 aliphatic heterocycles. The Morgan fingerprint density at radius 3 is 1.10 bits per heavy atom. The predicted molar refractivity (Wildman–Crippen MR) is 165 cm³/mol. The van der Waals surface area contributed by atoms with Crippen LogP contribution in [0.4, 0.5) is 0 Å². The van der Waals surface area contributed by atoms with Gasteiger partial charge >= 0.3 is 0 Å². The van der Waals surface area contributed by atoms with Crippen molar-refractivity contribution in [3.63, 3.8) is 0 Å². The molecule has 0 aliphatic carbocycles. The molecule has 0 saturated heterocycles. The van der Waals surface area contributed by atoms with E-state index in [2.05, 4.69) is 24.5 Å². The van der Waals surface area contributed by atoms with E-state index in [9.17, 15) is 19.2 Å². The summed E-state index contributed by atoms with van der Waals surface area (Å²) in [5, 5.41) is 5.75. The van der Waals surface area contributed by atoms with Crippen LogP contribution in [0.3, 0.4) is 0 Å². The Balaban J connectivity index is 3.57. The fourth-order valence-corrected chi connectivity index (χ4v) is 4.59. The van der Waals surface area contributed by atoms with Gasteiger partial charge in [-0.2, -0.15) is 0 Å². The summed E-state index contributed by atoms with van der Waals surface area (Å²) in [6.45, 7) is 7.08. The van der Waals surface area contributed by atoms with Gasteiger partial charge < -0.3 is 20.4 Å². The van der Waals surface area contributed by atoms with Crippen LogP contribution in [0.25, 0.3) is 0 Å². The monoisotopic (exact) mass is 566 g/mol. The van der Waals surface area contributed by atoms with Gasteiger partial charge in [0.15, 0.2) is 0 Å². The topological polar surface area (TPSA) is 98.8 Å². The van der Waals surface area contributed by atoms with Crippen molar-refractivity contribution in [2.75, 3.05) is 40.3 Å². The second kappa shape index (κ2) is 27.1. The lowest BCUT2D eigenvalue weighted by molar-refractivity contribution is -0.136. The van der Waals surface area contributed by atoms with E-state index in [1.54, 1.807) is 23.9 Å². The van der Waals surface area contributed by atoms with Crippen LogP contribution in [0.5, 0.6) is 0 Å². The number of carbonyl (C=O) groups excluding carboxylic acids is 4. The zero-order chi connectivity index (χ0) is 29.8. The van der Waals surface area contributed by atoms with Gasteiger partial charge in [-0.15, -0.1) is 0 Å². The molecule has 8 nitrogen and oxygen atoms in total. The largest absolute Gasteiger partial charge is 0.356 e. The Hall–Kier alpha value is -2.12. The molecule has 0 aromatic rings. The Kier molecular flexibility index (Phi) is 25.6. The average Bonchev–Trinajstić information content (AvgIpc) is 2.92. The van der Waals surface area contributed by atoms with Crippen LogP contribution in [0, 0.1) is 0 Å². The van der Waals surface area contributed by atoms with Crippen LogP contribution in [-0.2, 0) is 19.2 Å². The van der Waals surface area contributed by atoms with E-state index in [4.69, 9.17) is 0 Å². The predicted octanol–water partition coefficient (Wildman–Crippen LogP) is 5.98. The lowest BCUT2D eigenvalue weighted by Crippen LogP contribution is -2.34. The maximum Gasteiger partial charge on any atom is 0.231 e. The van der Waals surface area contributed by atoms with Gasteiger partial charge in [-0.25, -0.2) is 0 Å². The zero-order valence-corrected chi connectivity index (χ0v) is 26.5. The first-order chi connectivity index (χ1) is 19.3. The summed E-state index contributed by atoms with van der Waals surface area (Å²) in [5.74, 6) is -0.553. The van der Waals surface area contributed by atoms with E-state index in [0.717, 1.165) is 77.3 Å². The lowest BCUT2D eigenvalue weighted by Gasteiger charge is -2.17. The molecule has 0 atom stereocenters. The molecule has 4 amide bonds. The second-order valence-electron chi connectivity index (χ2n) is 11.3. The van der Waals surface area contributed by atoms with Crippen LogP contribution in [0.1, 0.15) is 142 Å². The SMILES string of the molecule is CCCCCCCN(C)C(=O)CC(=O)NCCCCCCCCCCNC(=O)CC(=O)N(C)CCCCCCC. The van der Waals surface area contributed by atoms with E-state index in [-0.39, 0.29) is 36.5 Å². The van der Waals surface area contributed by atoms with Crippen LogP contribution < -0.4 is 10.6 Å². The minimum atomic E-state index is -0.177. The van der Waals surface area contributed by atoms with E-state index in [1.807, 2.05) is 0 Å². The van der Waals surface area contributed by atoms with E-state index < -0.39 is 0 Å². The third kappa shape index (κ3) is 23.7. The summed E-state index contributed by atoms with van der Waals surface area (Å²) in [4.78, 5) is 51.7. The summed E-state index contributed by atoms with van der Waals surface area (Å²) >= 11 is 0. The van der Waals surface area contributed by atoms with Gasteiger partial charge in [0.05, 0.1) is 0 Å². The minimum absolute atomic E-state index is 0.0571. The van der Waals surface area contributed by atoms with Gasteiger partial charge in [0.2, 0.25) is 23.6 Å². The van der Waals surface area contributed by atoms with Crippen molar-refractivity contribution in [1.29, 1.82) is 0 Å². The Morgan fingerprint density at radius 2 is 0.750 bits per heavy atom. The number of hydrogen-bond donors (Lipinski definition) is 2. The molecule has 0 aromatic carbocycles. The summed E-state index contributed by atoms with van der Waals surface area (Å²) < 4.78 is 0. The maximum absolute atomic E-state index is 12.2. The summed E-state index contributed by atoms with van der Waals surface area (Å²) in [5.41, 5.74) is 0. The third-order valence-corrected chi connectivity index (χ3v) is 7.42. The van der Waals surface area contributed by atoms with Crippen molar-refractivity contribution in [3.8, 4) is 0 Å². The van der Waals surface area contributed by atoms with Crippen LogP contribution >= 0.6 is 0 Å². The molecule has 2 N–H and O–H groups in total. The van der Waals surface area contributed by atoms with E-state index in [0.29, 0.717) is 13.1 Å². The van der Waals surface area contributed by atoms with Crippen molar-refractivity contribution in [3.05, 3.63) is 0 Å². The molecular formula is C32H62N4O4. The number of nitrogens with zero attached hydrogens (tertiary/aromatic N) is 2. The van der Waals surface area contributed by atoms with E-state index >= 15 is 0 Å². The maximum atomic E-state index is 12.2. The fourth-order valence-electron chi connectivity index (χ4n) is 4.59. The highest BCUT2D eigenvalue weighted by molar-refractivity contribution is 5.97. The fraction of sp³-hybridized carbons (Fsp3) is 0.875. The molecule has 0 heterocycles. The molecule has 0 spiro atoms. The highest BCUT2D eigenvalue weighted by atomic mass is 16.2. The molecule has 234 valence electrons. The Bertz CT molecular complexity index is 615. The first-order valence-corrected chi connectivity index (χ1v) is 16.3. The molecule has 0 fully saturated rings. The quantitative estimate of drug-likeness (QED) is 0.0944. The highest BCUT2D eigenvalue weighted by Crippen LogP contribution is 2.09. The standard InChI is InChI=1S/C32H62N4O4/c1-5-7-9-17-21-25-35(3)31(39)27-29(37)33-23-19-15-13-11-12-14-16-20-24-34-30(38)28-32(40)36(4)26-22-18-10-8-6-2/h5-28H2,1-4H3,(H,33,37)(H,34,38). The van der Waals surface area contributed by atoms with Gasteiger partial charge in [0.1, 0.15) is 12.8 Å². The Morgan fingerprint density at radius 1 is 0.450 bits per heavy atom. The van der Waals surface area contributed by atoms with Crippen LogP contribution in [-0.4, -0.2) is 73.7 Å². The van der Waals surface area contributed by atoms with Crippen molar-refractivity contribution in [2.45, 2.75) is 142 Å². The average molecular weight is 567 g/mol. The Labute approximate surface area is 245 Å². The second-order valence-corrected chi connectivity index (χ2v) is 11.3. The smallest absolute Gasteiger partial charge is 0.231 e. The summed E-state index contributed by atoms with van der Waals surface area (Å²) in [7, 11) is 3.57. The van der Waals surface area contributed by atoms with Gasteiger partial charge in [-0.05, 0) is 25.7 Å². The molecule has 0 aromatic heterocycles. The van der Waals surface area contributed by atoms with Gasteiger partial charge in [-0.1, -0.05) is 104 Å². The van der Waals surface area contributed by atoms with Gasteiger partial charge in [-0.3, -0.25) is 19.2 Å². The third-order valence-electron chi connectivity index (χ3n) is 7.42. The van der Waals surface area contributed by atoms with Crippen molar-refractivity contribution >= 4 is 23.6 Å². The number of carbonyl (C=O) groups is 4. The van der Waals surface area contributed by atoms with Crippen LogP contribution in [0.2, 0.25) is 0 Å². The van der Waals surface area contributed by atoms with Gasteiger partial charge in [0.25, 0.3) is 0 Å². The first kappa shape index (κ1) is 37.9. The number of hydrogen-bond acceptors (Lipinski definition) is 4. The molecule has 0 aliphatic rings. The van der Waals surface area contributed by atoms with Crippen molar-refractivity contribution < 1.29 is 19.2 Å². The number of amides is 4. The molecule has 8 heteroatoms. The summed E-state index contributed by atoms with van der Waals surface area (Å²) in [6.07, 6.45) is 20.1. The first-order valence-electron chi connectivity index (χ1n) is 16.3. The van der Waals surface area contributed by atoms with Crippen molar-refractivity contribution in [2.24, 2.45) is 0 Å². The summed E-state index contributed by atoms with van der Waals surface area (Å²) in [6, 6.07) is 0. The number of nitrogens with one attached hydrogen (secondary N) is 2. The molecule has 0 saturated carbocycles. The van der Waals surface area contributed by atoms with Crippen molar-refractivity contribution in [1.82, 2.24) is 20.4 Å². The minimum Gasteiger partial charge on any atom is -0.356 e. The number of rotatable bonds is 27. The van der Waals surface area contributed by atoms with E-state index in [1.165, 1.54) is 51.4 Å². The zero-order valence-electron chi connectivity index (χ0n) is 26.5. The van der Waals surface area contributed by atoms with Gasteiger partial charge in [0, 0.05) is 40.3 Å². The highest BCUT2D eigenvalue weighted by Gasteiger charge is 2.14. The van der Waals surface area contributed by atoms with Crippen LogP contribution in [0.15, 0.2) is 0 Å². The lowest BCUT2D eigenvalue weighted by atomic mass is 10.1. The molecule has 0 unspecified atom stereocenters. The normalized spacial score (nSPS) is 10.8. The molecule has 0 bridgehead atoms. The molecule has 0 radical (unpaired) electrons. The molecule has 0 rings (SSSR count).